The lowest BCUT2D eigenvalue weighted by atomic mass is 10.1. The number of nitrogen functional groups attached to an aromatic ring is 1. The molecule has 1 heterocycles. The highest BCUT2D eigenvalue weighted by molar-refractivity contribution is 6.30. The van der Waals surface area contributed by atoms with Gasteiger partial charge >= 0.3 is 0 Å². The van der Waals surface area contributed by atoms with Crippen molar-refractivity contribution >= 4 is 23.2 Å². The molecule has 0 fully saturated rings. The number of aromatic nitrogens is 2. The summed E-state index contributed by atoms with van der Waals surface area (Å²) >= 11 is 5.81. The van der Waals surface area contributed by atoms with Crippen LogP contribution >= 0.6 is 11.6 Å². The van der Waals surface area contributed by atoms with Crippen molar-refractivity contribution in [3.63, 3.8) is 0 Å². The molecule has 4 N–H and O–H groups in total. The maximum absolute atomic E-state index is 12.0. The number of nitrogens with zero attached hydrogens (tertiary/aromatic N) is 1. The average Bonchev–Trinajstić information content (AvgIpc) is 2.80. The van der Waals surface area contributed by atoms with Crippen molar-refractivity contribution < 1.29 is 4.79 Å². The summed E-state index contributed by atoms with van der Waals surface area (Å²) in [5.74, 6) is -0.0964. The number of H-pyrrole nitrogens is 1. The van der Waals surface area contributed by atoms with E-state index in [1.165, 1.54) is 0 Å². The first-order valence-electron chi connectivity index (χ1n) is 6.35. The summed E-state index contributed by atoms with van der Waals surface area (Å²) in [6, 6.07) is 7.28. The van der Waals surface area contributed by atoms with Gasteiger partial charge in [0.05, 0.1) is 11.4 Å². The van der Waals surface area contributed by atoms with Crippen LogP contribution in [0.3, 0.4) is 0 Å². The predicted octanol–water partition coefficient (Wildman–Crippen LogP) is 2.70. The molecule has 106 valence electrons. The third-order valence-corrected chi connectivity index (χ3v) is 3.24. The van der Waals surface area contributed by atoms with E-state index in [4.69, 9.17) is 17.3 Å². The largest absolute Gasteiger partial charge is 0.395 e. The molecule has 2 aromatic rings. The van der Waals surface area contributed by atoms with Gasteiger partial charge in [0.1, 0.15) is 0 Å². The fourth-order valence-corrected chi connectivity index (χ4v) is 1.97. The van der Waals surface area contributed by atoms with Crippen LogP contribution in [0.1, 0.15) is 41.5 Å². The Morgan fingerprint density at radius 1 is 1.40 bits per heavy atom. The summed E-state index contributed by atoms with van der Waals surface area (Å²) < 4.78 is 0. The number of carbonyl (C=O) groups excluding carboxylic acids is 1. The van der Waals surface area contributed by atoms with Gasteiger partial charge in [-0.25, -0.2) is 0 Å². The van der Waals surface area contributed by atoms with Gasteiger partial charge in [0.15, 0.2) is 5.69 Å². The van der Waals surface area contributed by atoms with E-state index in [1.54, 1.807) is 12.1 Å². The Morgan fingerprint density at radius 2 is 2.05 bits per heavy atom. The Kier molecular flexibility index (Phi) is 4.29. The van der Waals surface area contributed by atoms with Crippen molar-refractivity contribution in [3.05, 3.63) is 46.2 Å². The summed E-state index contributed by atoms with van der Waals surface area (Å²) in [6.45, 7) is 4.37. The first kappa shape index (κ1) is 14.4. The average molecular weight is 293 g/mol. The van der Waals surface area contributed by atoms with E-state index >= 15 is 0 Å². The molecule has 0 aliphatic heterocycles. The van der Waals surface area contributed by atoms with Crippen LogP contribution in [0.4, 0.5) is 5.69 Å². The molecule has 0 radical (unpaired) electrons. The third kappa shape index (κ3) is 3.11. The zero-order valence-electron chi connectivity index (χ0n) is 11.4. The van der Waals surface area contributed by atoms with Crippen LogP contribution in [-0.4, -0.2) is 16.1 Å². The van der Waals surface area contributed by atoms with E-state index in [0.717, 1.165) is 11.3 Å². The van der Waals surface area contributed by atoms with E-state index in [-0.39, 0.29) is 17.5 Å². The quantitative estimate of drug-likeness (QED) is 0.810. The van der Waals surface area contributed by atoms with Crippen molar-refractivity contribution in [2.75, 3.05) is 5.73 Å². The summed E-state index contributed by atoms with van der Waals surface area (Å²) in [7, 11) is 0. The first-order valence-corrected chi connectivity index (χ1v) is 6.73. The van der Waals surface area contributed by atoms with Crippen molar-refractivity contribution in [2.45, 2.75) is 26.3 Å². The Morgan fingerprint density at radius 3 is 2.60 bits per heavy atom. The van der Waals surface area contributed by atoms with E-state index in [0.29, 0.717) is 17.3 Å². The third-order valence-electron chi connectivity index (χ3n) is 2.99. The number of rotatable bonds is 4. The summed E-state index contributed by atoms with van der Waals surface area (Å²) in [6.07, 6.45) is 0. The number of nitrogens with two attached hydrogens (primary N) is 1. The number of anilines is 1. The molecular weight excluding hydrogens is 276 g/mol. The van der Waals surface area contributed by atoms with E-state index < -0.39 is 0 Å². The monoisotopic (exact) mass is 292 g/mol. The molecule has 1 aromatic carbocycles. The molecule has 0 bridgehead atoms. The SMILES string of the molecule is CC(C)c1[nH]nc(C(=O)NCc2ccc(Cl)cc2)c1N. The molecule has 0 saturated heterocycles. The number of benzene rings is 1. The molecule has 0 aliphatic carbocycles. The number of hydrogen-bond donors (Lipinski definition) is 3. The molecule has 2 rings (SSSR count). The molecule has 6 heteroatoms. The predicted molar refractivity (Wildman–Crippen MR) is 79.7 cm³/mol. The second-order valence-electron chi connectivity index (χ2n) is 4.86. The minimum absolute atomic E-state index is 0.195. The molecule has 1 amide bonds. The molecule has 0 unspecified atom stereocenters. The maximum Gasteiger partial charge on any atom is 0.274 e. The van der Waals surface area contributed by atoms with Gasteiger partial charge in [0, 0.05) is 11.6 Å². The molecule has 20 heavy (non-hydrogen) atoms. The highest BCUT2D eigenvalue weighted by atomic mass is 35.5. The van der Waals surface area contributed by atoms with Gasteiger partial charge in [-0.2, -0.15) is 5.10 Å². The minimum Gasteiger partial charge on any atom is -0.395 e. The number of hydrogen-bond acceptors (Lipinski definition) is 3. The van der Waals surface area contributed by atoms with Gasteiger partial charge in [-0.15, -0.1) is 0 Å². The standard InChI is InChI=1S/C14H17ClN4O/c1-8(2)12-11(16)13(19-18-12)14(20)17-7-9-3-5-10(15)6-4-9/h3-6,8H,7,16H2,1-2H3,(H,17,20)(H,18,19). The molecule has 0 aliphatic rings. The summed E-state index contributed by atoms with van der Waals surface area (Å²) in [4.78, 5) is 12.0. The number of nitrogens with one attached hydrogen (secondary N) is 2. The molecule has 5 nitrogen and oxygen atoms in total. The Balaban J connectivity index is 2.03. The minimum atomic E-state index is -0.291. The lowest BCUT2D eigenvalue weighted by Gasteiger charge is -2.05. The van der Waals surface area contributed by atoms with Gasteiger partial charge in [-0.3, -0.25) is 9.89 Å². The molecule has 1 aromatic heterocycles. The number of amides is 1. The van der Waals surface area contributed by atoms with Gasteiger partial charge in [0.25, 0.3) is 5.91 Å². The normalized spacial score (nSPS) is 10.8. The van der Waals surface area contributed by atoms with Crippen LogP contribution in [0.15, 0.2) is 24.3 Å². The Bertz CT molecular complexity index is 604. The highest BCUT2D eigenvalue weighted by Gasteiger charge is 2.18. The van der Waals surface area contributed by atoms with Crippen LogP contribution < -0.4 is 11.1 Å². The fraction of sp³-hybridized carbons (Fsp3) is 0.286. The second-order valence-corrected chi connectivity index (χ2v) is 5.30. The van der Waals surface area contributed by atoms with Crippen molar-refractivity contribution in [1.29, 1.82) is 0 Å². The van der Waals surface area contributed by atoms with Gasteiger partial charge < -0.3 is 11.1 Å². The van der Waals surface area contributed by atoms with E-state index in [2.05, 4.69) is 15.5 Å². The highest BCUT2D eigenvalue weighted by Crippen LogP contribution is 2.21. The lowest BCUT2D eigenvalue weighted by Crippen LogP contribution is -2.24. The number of halogens is 1. The van der Waals surface area contributed by atoms with Crippen LogP contribution in [0, 0.1) is 0 Å². The lowest BCUT2D eigenvalue weighted by molar-refractivity contribution is 0.0947. The van der Waals surface area contributed by atoms with Gasteiger partial charge in [-0.05, 0) is 23.6 Å². The zero-order chi connectivity index (χ0) is 14.7. The van der Waals surface area contributed by atoms with E-state index in [1.807, 2.05) is 26.0 Å². The molecule has 0 saturated carbocycles. The maximum atomic E-state index is 12.0. The Labute approximate surface area is 122 Å². The van der Waals surface area contributed by atoms with Gasteiger partial charge in [-0.1, -0.05) is 37.6 Å². The van der Waals surface area contributed by atoms with Crippen LogP contribution in [0.25, 0.3) is 0 Å². The molecule has 0 spiro atoms. The second kappa shape index (κ2) is 5.96. The van der Waals surface area contributed by atoms with Crippen LogP contribution in [0.2, 0.25) is 5.02 Å². The van der Waals surface area contributed by atoms with Crippen LogP contribution in [-0.2, 0) is 6.54 Å². The van der Waals surface area contributed by atoms with Crippen molar-refractivity contribution in [2.24, 2.45) is 0 Å². The van der Waals surface area contributed by atoms with E-state index in [9.17, 15) is 4.79 Å². The molecular formula is C14H17ClN4O. The Hall–Kier alpha value is -2.01. The zero-order valence-corrected chi connectivity index (χ0v) is 12.2. The molecule has 0 atom stereocenters. The fourth-order valence-electron chi connectivity index (χ4n) is 1.85. The number of carbonyl (C=O) groups is 1. The number of aromatic amines is 1. The van der Waals surface area contributed by atoms with Crippen LogP contribution in [0.5, 0.6) is 0 Å². The summed E-state index contributed by atoms with van der Waals surface area (Å²) in [5.41, 5.74) is 8.31. The smallest absolute Gasteiger partial charge is 0.274 e. The van der Waals surface area contributed by atoms with Crippen molar-refractivity contribution in [1.82, 2.24) is 15.5 Å². The summed E-state index contributed by atoms with van der Waals surface area (Å²) in [5, 5.41) is 10.2. The van der Waals surface area contributed by atoms with Crippen molar-refractivity contribution in [3.8, 4) is 0 Å². The van der Waals surface area contributed by atoms with Gasteiger partial charge in [0.2, 0.25) is 0 Å². The topological polar surface area (TPSA) is 83.8 Å². The first-order chi connectivity index (χ1) is 9.49.